The first kappa shape index (κ1) is 21.8. The number of methoxy groups -OCH3 is 1. The van der Waals surface area contributed by atoms with Crippen LogP contribution in [0.15, 0.2) is 71.9 Å². The lowest BCUT2D eigenvalue weighted by Gasteiger charge is -2.11. The van der Waals surface area contributed by atoms with Crippen LogP contribution in [0.4, 0.5) is 10.1 Å². The first-order valence-electron chi connectivity index (χ1n) is 9.61. The first-order chi connectivity index (χ1) is 15.0. The van der Waals surface area contributed by atoms with Gasteiger partial charge in [-0.25, -0.2) is 4.39 Å². The monoisotopic (exact) mass is 422 g/mol. The Morgan fingerprint density at radius 2 is 1.84 bits per heavy atom. The summed E-state index contributed by atoms with van der Waals surface area (Å²) in [7, 11) is 1.51. The van der Waals surface area contributed by atoms with Gasteiger partial charge in [0.2, 0.25) is 0 Å². The molecule has 0 aliphatic rings. The molecule has 3 aromatic carbocycles. The molecule has 160 valence electrons. The number of rotatable bonds is 9. The fourth-order valence-corrected chi connectivity index (χ4v) is 2.68. The molecule has 3 aromatic rings. The summed E-state index contributed by atoms with van der Waals surface area (Å²) < 4.78 is 24.8. The maximum atomic E-state index is 13.7. The Morgan fingerprint density at radius 1 is 1.06 bits per heavy atom. The fourth-order valence-electron chi connectivity index (χ4n) is 2.68. The summed E-state index contributed by atoms with van der Waals surface area (Å²) in [6.07, 6.45) is 1.46. The molecule has 0 saturated heterocycles. The van der Waals surface area contributed by atoms with Crippen LogP contribution in [0.1, 0.15) is 16.7 Å². The van der Waals surface area contributed by atoms with Crippen LogP contribution in [0, 0.1) is 12.7 Å². The summed E-state index contributed by atoms with van der Waals surface area (Å²) in [4.78, 5) is 17.0. The number of halogens is 1. The van der Waals surface area contributed by atoms with Gasteiger partial charge in [0.25, 0.3) is 5.91 Å². The van der Waals surface area contributed by atoms with Crippen molar-refractivity contribution in [3.8, 4) is 11.5 Å². The molecule has 0 fully saturated rings. The van der Waals surface area contributed by atoms with Gasteiger partial charge < -0.3 is 19.6 Å². The van der Waals surface area contributed by atoms with Gasteiger partial charge in [-0.05, 0) is 43.3 Å². The van der Waals surface area contributed by atoms with E-state index in [1.165, 1.54) is 19.4 Å². The van der Waals surface area contributed by atoms with Crippen LogP contribution in [-0.2, 0) is 16.2 Å². The van der Waals surface area contributed by atoms with E-state index in [2.05, 4.69) is 10.5 Å². The molecule has 1 amide bonds. The number of nitrogens with zero attached hydrogens (tertiary/aromatic N) is 1. The molecule has 0 aliphatic heterocycles. The average Bonchev–Trinajstić information content (AvgIpc) is 2.78. The van der Waals surface area contributed by atoms with Crippen molar-refractivity contribution in [1.82, 2.24) is 0 Å². The maximum Gasteiger partial charge on any atom is 0.265 e. The van der Waals surface area contributed by atoms with Gasteiger partial charge in [-0.15, -0.1) is 0 Å². The summed E-state index contributed by atoms with van der Waals surface area (Å²) in [5.41, 5.74) is 2.94. The molecular formula is C24H23FN2O4. The number of hydrogen-bond donors (Lipinski definition) is 1. The molecule has 3 rings (SSSR count). The summed E-state index contributed by atoms with van der Waals surface area (Å²) >= 11 is 0. The van der Waals surface area contributed by atoms with Gasteiger partial charge in [0.15, 0.2) is 18.1 Å². The number of nitrogens with one attached hydrogen (secondary N) is 1. The number of oxime groups is 1. The van der Waals surface area contributed by atoms with Gasteiger partial charge >= 0.3 is 0 Å². The number of amides is 1. The minimum absolute atomic E-state index is 0.0790. The Morgan fingerprint density at radius 3 is 2.58 bits per heavy atom. The van der Waals surface area contributed by atoms with Crippen molar-refractivity contribution in [1.29, 1.82) is 0 Å². The topological polar surface area (TPSA) is 69.2 Å². The summed E-state index contributed by atoms with van der Waals surface area (Å²) in [6, 6.07) is 19.0. The number of carbonyl (C=O) groups excluding carboxylic acids is 1. The van der Waals surface area contributed by atoms with Crippen LogP contribution >= 0.6 is 0 Å². The van der Waals surface area contributed by atoms with Crippen molar-refractivity contribution in [2.45, 2.75) is 13.5 Å². The lowest BCUT2D eigenvalue weighted by Crippen LogP contribution is -2.16. The molecule has 0 bridgehead atoms. The molecular weight excluding hydrogens is 399 g/mol. The highest BCUT2D eigenvalue weighted by atomic mass is 19.1. The number of ether oxygens (including phenoxy) is 2. The molecule has 0 heterocycles. The molecule has 0 radical (unpaired) electrons. The third-order valence-corrected chi connectivity index (χ3v) is 4.34. The molecule has 0 saturated carbocycles. The molecule has 6 nitrogen and oxygen atoms in total. The van der Waals surface area contributed by atoms with Gasteiger partial charge in [0, 0.05) is 16.8 Å². The van der Waals surface area contributed by atoms with Crippen LogP contribution in [0.25, 0.3) is 0 Å². The van der Waals surface area contributed by atoms with Crippen molar-refractivity contribution in [2.75, 3.05) is 19.0 Å². The minimum Gasteiger partial charge on any atom is -0.493 e. The van der Waals surface area contributed by atoms with Crippen molar-refractivity contribution >= 4 is 17.8 Å². The van der Waals surface area contributed by atoms with Gasteiger partial charge in [0.1, 0.15) is 12.4 Å². The second kappa shape index (κ2) is 10.8. The van der Waals surface area contributed by atoms with E-state index in [1.54, 1.807) is 36.4 Å². The Kier molecular flexibility index (Phi) is 7.59. The van der Waals surface area contributed by atoms with E-state index < -0.39 is 0 Å². The summed E-state index contributed by atoms with van der Waals surface area (Å²) in [5, 5.41) is 6.54. The molecule has 7 heteroatoms. The number of anilines is 1. The van der Waals surface area contributed by atoms with Crippen LogP contribution in [0.2, 0.25) is 0 Å². The Labute approximate surface area is 180 Å². The fraction of sp³-hybridized carbons (Fsp3) is 0.167. The first-order valence-corrected chi connectivity index (χ1v) is 9.61. The van der Waals surface area contributed by atoms with E-state index in [9.17, 15) is 9.18 Å². The van der Waals surface area contributed by atoms with Gasteiger partial charge in [-0.2, -0.15) is 0 Å². The van der Waals surface area contributed by atoms with E-state index in [1.807, 2.05) is 31.2 Å². The van der Waals surface area contributed by atoms with Gasteiger partial charge in [-0.1, -0.05) is 41.1 Å². The second-order valence-electron chi connectivity index (χ2n) is 6.71. The van der Waals surface area contributed by atoms with Gasteiger partial charge in [-0.3, -0.25) is 4.79 Å². The zero-order valence-electron chi connectivity index (χ0n) is 17.3. The number of benzene rings is 3. The van der Waals surface area contributed by atoms with E-state index in [0.29, 0.717) is 28.3 Å². The van der Waals surface area contributed by atoms with Crippen LogP contribution in [0.5, 0.6) is 11.5 Å². The lowest BCUT2D eigenvalue weighted by atomic mass is 10.2. The Bertz CT molecular complexity index is 1050. The predicted octanol–water partition coefficient (Wildman–Crippen LogP) is 4.71. The largest absolute Gasteiger partial charge is 0.493 e. The second-order valence-corrected chi connectivity index (χ2v) is 6.71. The molecule has 1 N–H and O–H groups in total. The van der Waals surface area contributed by atoms with E-state index in [-0.39, 0.29) is 24.9 Å². The quantitative estimate of drug-likeness (QED) is 0.401. The smallest absolute Gasteiger partial charge is 0.265 e. The lowest BCUT2D eigenvalue weighted by molar-refractivity contribution is -0.120. The molecule has 31 heavy (non-hydrogen) atoms. The zero-order chi connectivity index (χ0) is 22.1. The van der Waals surface area contributed by atoms with Crippen LogP contribution < -0.4 is 14.8 Å². The Balaban J connectivity index is 1.51. The highest BCUT2D eigenvalue weighted by Crippen LogP contribution is 2.28. The predicted molar refractivity (Wildman–Crippen MR) is 117 cm³/mol. The van der Waals surface area contributed by atoms with E-state index in [4.69, 9.17) is 14.3 Å². The standard InChI is InChI=1S/C24H23FN2O4/c1-17-7-10-20(11-8-17)27-24(28)16-31-26-14-18-9-12-22(23(13-18)29-2)30-15-19-5-3-4-6-21(19)25/h3-14H,15-16H2,1-2H3,(H,27,28)/b26-14+. The van der Waals surface area contributed by atoms with Crippen LogP contribution in [0.3, 0.4) is 0 Å². The summed E-state index contributed by atoms with van der Waals surface area (Å²) in [6.45, 7) is 1.83. The third-order valence-electron chi connectivity index (χ3n) is 4.34. The Hall–Kier alpha value is -3.87. The van der Waals surface area contributed by atoms with Crippen molar-refractivity contribution < 1.29 is 23.5 Å². The van der Waals surface area contributed by atoms with Crippen molar-refractivity contribution in [2.24, 2.45) is 5.16 Å². The number of carbonyl (C=O) groups is 1. The highest BCUT2D eigenvalue weighted by Gasteiger charge is 2.08. The van der Waals surface area contributed by atoms with E-state index in [0.717, 1.165) is 5.56 Å². The number of hydrogen-bond acceptors (Lipinski definition) is 5. The normalized spacial score (nSPS) is 10.7. The van der Waals surface area contributed by atoms with Crippen molar-refractivity contribution in [3.05, 3.63) is 89.2 Å². The van der Waals surface area contributed by atoms with Crippen LogP contribution in [-0.4, -0.2) is 25.8 Å². The molecule has 0 atom stereocenters. The highest BCUT2D eigenvalue weighted by molar-refractivity contribution is 5.91. The minimum atomic E-state index is -0.325. The molecule has 0 aliphatic carbocycles. The zero-order valence-corrected chi connectivity index (χ0v) is 17.3. The molecule has 0 spiro atoms. The SMILES string of the molecule is COc1cc(/C=N/OCC(=O)Nc2ccc(C)cc2)ccc1OCc1ccccc1F. The van der Waals surface area contributed by atoms with Gasteiger partial charge in [0.05, 0.1) is 13.3 Å². The average molecular weight is 422 g/mol. The third kappa shape index (κ3) is 6.57. The maximum absolute atomic E-state index is 13.7. The van der Waals surface area contributed by atoms with E-state index >= 15 is 0 Å². The summed E-state index contributed by atoms with van der Waals surface area (Å²) in [5.74, 6) is 0.308. The van der Waals surface area contributed by atoms with Crippen molar-refractivity contribution in [3.63, 3.8) is 0 Å². The molecule has 0 unspecified atom stereocenters. The molecule has 0 aromatic heterocycles. The number of aryl methyl sites for hydroxylation is 1.